The highest BCUT2D eigenvalue weighted by molar-refractivity contribution is 5.79. The maximum atomic E-state index is 8.36. The number of aliphatic imine (C=N–C) groups is 1. The van der Waals surface area contributed by atoms with Gasteiger partial charge < -0.3 is 4.74 Å². The van der Waals surface area contributed by atoms with Crippen LogP contribution < -0.4 is 5.32 Å². The molecule has 1 N–H and O–H groups in total. The summed E-state index contributed by atoms with van der Waals surface area (Å²) in [6.07, 6.45) is 3.68. The van der Waals surface area contributed by atoms with E-state index in [4.69, 9.17) is 10.00 Å². The SMILES string of the molecule is N#CNC1=N/C(=C/c2ccccc2)CO1. The van der Waals surface area contributed by atoms with Crippen LogP contribution in [-0.4, -0.2) is 12.6 Å². The van der Waals surface area contributed by atoms with Crippen LogP contribution in [0.1, 0.15) is 5.56 Å². The number of amidine groups is 1. The molecule has 4 heteroatoms. The zero-order valence-electron chi connectivity index (χ0n) is 7.97. The van der Waals surface area contributed by atoms with Crippen molar-refractivity contribution in [2.24, 2.45) is 4.99 Å². The number of nitrogens with one attached hydrogen (secondary N) is 1. The molecule has 4 nitrogen and oxygen atoms in total. The first-order valence-corrected chi connectivity index (χ1v) is 4.51. The van der Waals surface area contributed by atoms with E-state index in [2.05, 4.69) is 10.3 Å². The highest BCUT2D eigenvalue weighted by atomic mass is 16.5. The average molecular weight is 199 g/mol. The van der Waals surface area contributed by atoms with Crippen LogP contribution in [0.5, 0.6) is 0 Å². The van der Waals surface area contributed by atoms with Crippen molar-refractivity contribution in [2.45, 2.75) is 0 Å². The Balaban J connectivity index is 2.14. The lowest BCUT2D eigenvalue weighted by molar-refractivity contribution is 0.352. The molecule has 1 aliphatic rings. The second-order valence-corrected chi connectivity index (χ2v) is 2.99. The summed E-state index contributed by atoms with van der Waals surface area (Å²) >= 11 is 0. The number of hydrogen-bond acceptors (Lipinski definition) is 4. The molecule has 1 aliphatic heterocycles. The number of rotatable bonds is 1. The maximum absolute atomic E-state index is 8.36. The second kappa shape index (κ2) is 4.29. The van der Waals surface area contributed by atoms with Crippen molar-refractivity contribution in [1.82, 2.24) is 5.32 Å². The Morgan fingerprint density at radius 1 is 1.40 bits per heavy atom. The lowest BCUT2D eigenvalue weighted by Gasteiger charge is -1.93. The van der Waals surface area contributed by atoms with Crippen LogP contribution in [0.25, 0.3) is 6.08 Å². The normalized spacial score (nSPS) is 16.7. The smallest absolute Gasteiger partial charge is 0.303 e. The van der Waals surface area contributed by atoms with E-state index in [1.165, 1.54) is 0 Å². The van der Waals surface area contributed by atoms with Gasteiger partial charge in [0.2, 0.25) is 0 Å². The van der Waals surface area contributed by atoms with E-state index < -0.39 is 0 Å². The lowest BCUT2D eigenvalue weighted by atomic mass is 10.2. The molecule has 1 aromatic rings. The van der Waals surface area contributed by atoms with Gasteiger partial charge in [0.15, 0.2) is 6.19 Å². The van der Waals surface area contributed by atoms with Crippen LogP contribution in [-0.2, 0) is 4.74 Å². The third kappa shape index (κ3) is 2.35. The molecule has 1 heterocycles. The van der Waals surface area contributed by atoms with Crippen molar-refractivity contribution in [3.8, 4) is 6.19 Å². The van der Waals surface area contributed by atoms with Crippen molar-refractivity contribution in [3.63, 3.8) is 0 Å². The summed E-state index contributed by atoms with van der Waals surface area (Å²) in [5, 5.41) is 10.7. The second-order valence-electron chi connectivity index (χ2n) is 2.99. The third-order valence-corrected chi connectivity index (χ3v) is 1.90. The molecular weight excluding hydrogens is 190 g/mol. The number of ether oxygens (including phenoxy) is 1. The molecule has 0 aliphatic carbocycles. The van der Waals surface area contributed by atoms with Crippen molar-refractivity contribution in [2.75, 3.05) is 6.61 Å². The van der Waals surface area contributed by atoms with Crippen LogP contribution >= 0.6 is 0 Å². The Bertz CT molecular complexity index is 443. The molecule has 0 aromatic heterocycles. The van der Waals surface area contributed by atoms with Crippen LogP contribution in [0, 0.1) is 11.5 Å². The van der Waals surface area contributed by atoms with E-state index >= 15 is 0 Å². The van der Waals surface area contributed by atoms with Crippen LogP contribution in [0.3, 0.4) is 0 Å². The highest BCUT2D eigenvalue weighted by Crippen LogP contribution is 2.12. The Morgan fingerprint density at radius 3 is 2.93 bits per heavy atom. The summed E-state index contributed by atoms with van der Waals surface area (Å²) in [6, 6.07) is 10.1. The van der Waals surface area contributed by atoms with Crippen molar-refractivity contribution < 1.29 is 4.74 Å². The molecule has 0 fully saturated rings. The van der Waals surface area contributed by atoms with Gasteiger partial charge in [0.1, 0.15) is 6.61 Å². The van der Waals surface area contributed by atoms with Gasteiger partial charge in [0, 0.05) is 0 Å². The summed E-state index contributed by atoms with van der Waals surface area (Å²) in [7, 11) is 0. The van der Waals surface area contributed by atoms with Gasteiger partial charge in [-0.15, -0.1) is 0 Å². The molecule has 2 rings (SSSR count). The third-order valence-electron chi connectivity index (χ3n) is 1.90. The molecule has 0 spiro atoms. The van der Waals surface area contributed by atoms with Gasteiger partial charge in [-0.05, 0) is 11.6 Å². The molecule has 15 heavy (non-hydrogen) atoms. The minimum absolute atomic E-state index is 0.264. The zero-order chi connectivity index (χ0) is 10.5. The van der Waals surface area contributed by atoms with Crippen molar-refractivity contribution >= 4 is 12.1 Å². The fourth-order valence-electron chi connectivity index (χ4n) is 1.26. The lowest BCUT2D eigenvalue weighted by Crippen LogP contribution is -2.16. The van der Waals surface area contributed by atoms with Gasteiger partial charge in [-0.25, -0.2) is 5.32 Å². The van der Waals surface area contributed by atoms with Gasteiger partial charge in [0.25, 0.3) is 0 Å². The summed E-state index contributed by atoms with van der Waals surface area (Å²) in [4.78, 5) is 4.09. The molecule has 0 bridgehead atoms. The van der Waals surface area contributed by atoms with Crippen LogP contribution in [0.15, 0.2) is 41.0 Å². The number of benzene rings is 1. The van der Waals surface area contributed by atoms with E-state index in [1.54, 1.807) is 6.19 Å². The van der Waals surface area contributed by atoms with Gasteiger partial charge in [-0.2, -0.15) is 10.3 Å². The van der Waals surface area contributed by atoms with Crippen molar-refractivity contribution in [1.29, 1.82) is 5.26 Å². The van der Waals surface area contributed by atoms with Gasteiger partial charge >= 0.3 is 6.02 Å². The molecule has 0 amide bonds. The van der Waals surface area contributed by atoms with E-state index in [1.807, 2.05) is 36.4 Å². The van der Waals surface area contributed by atoms with Crippen LogP contribution in [0.2, 0.25) is 0 Å². The highest BCUT2D eigenvalue weighted by Gasteiger charge is 2.11. The molecule has 0 saturated heterocycles. The summed E-state index contributed by atoms with van der Waals surface area (Å²) in [6.45, 7) is 0.402. The minimum Gasteiger partial charge on any atom is -0.458 e. The van der Waals surface area contributed by atoms with E-state index in [9.17, 15) is 0 Å². The van der Waals surface area contributed by atoms with E-state index in [-0.39, 0.29) is 6.02 Å². The maximum Gasteiger partial charge on any atom is 0.303 e. The van der Waals surface area contributed by atoms with Gasteiger partial charge in [-0.3, -0.25) is 0 Å². The quantitative estimate of drug-likeness (QED) is 0.550. The number of nitrogens with zero attached hydrogens (tertiary/aromatic N) is 2. The molecule has 0 radical (unpaired) electrons. The van der Waals surface area contributed by atoms with Crippen LogP contribution in [0.4, 0.5) is 0 Å². The summed E-state index contributed by atoms with van der Waals surface area (Å²) < 4.78 is 5.13. The first-order valence-electron chi connectivity index (χ1n) is 4.51. The number of nitriles is 1. The zero-order valence-corrected chi connectivity index (χ0v) is 7.97. The summed E-state index contributed by atoms with van der Waals surface area (Å²) in [5.74, 6) is 0. The Hall–Kier alpha value is -2.28. The van der Waals surface area contributed by atoms with E-state index in [0.29, 0.717) is 6.61 Å². The first kappa shape index (κ1) is 9.28. The van der Waals surface area contributed by atoms with Gasteiger partial charge in [-0.1, -0.05) is 30.3 Å². The molecular formula is C11H9N3O. The standard InChI is InChI=1S/C11H9N3O/c12-8-13-11-14-10(7-15-11)6-9-4-2-1-3-5-9/h1-6H,7H2,(H,13,14)/b10-6+. The fourth-order valence-corrected chi connectivity index (χ4v) is 1.26. The molecule has 0 saturated carbocycles. The minimum atomic E-state index is 0.264. The Morgan fingerprint density at radius 2 is 2.20 bits per heavy atom. The Labute approximate surface area is 87.5 Å². The molecule has 74 valence electrons. The predicted molar refractivity (Wildman–Crippen MR) is 56.6 cm³/mol. The topological polar surface area (TPSA) is 57.4 Å². The van der Waals surface area contributed by atoms with Gasteiger partial charge in [0.05, 0.1) is 5.70 Å². The van der Waals surface area contributed by atoms with E-state index in [0.717, 1.165) is 11.3 Å². The Kier molecular flexibility index (Phi) is 2.65. The predicted octanol–water partition coefficient (Wildman–Crippen LogP) is 1.48. The fraction of sp³-hybridized carbons (Fsp3) is 0.0909. The summed E-state index contributed by atoms with van der Waals surface area (Å²) in [5.41, 5.74) is 1.87. The molecule has 0 unspecified atom stereocenters. The average Bonchev–Trinajstić information content (AvgIpc) is 2.68. The largest absolute Gasteiger partial charge is 0.458 e. The van der Waals surface area contributed by atoms with Crippen molar-refractivity contribution in [3.05, 3.63) is 41.6 Å². The monoisotopic (exact) mass is 199 g/mol. The number of hydrogen-bond donors (Lipinski definition) is 1. The molecule has 1 aromatic carbocycles. The molecule has 0 atom stereocenters. The first-order chi connectivity index (χ1) is 7.38.